The van der Waals surface area contributed by atoms with Gasteiger partial charge in [-0.3, -0.25) is 10.00 Å². The van der Waals surface area contributed by atoms with E-state index in [0.29, 0.717) is 56.3 Å². The molecule has 5 aromatic rings. The highest BCUT2D eigenvalue weighted by atomic mass is 35.5. The molecular formula is C31H29ClF5N9O2. The van der Waals surface area contributed by atoms with E-state index in [1.54, 1.807) is 18.2 Å². The molecule has 2 aromatic carbocycles. The molecule has 1 N–H and O–H groups in total. The maximum atomic E-state index is 14.7. The predicted octanol–water partition coefficient (Wildman–Crippen LogP) is 5.64. The van der Waals surface area contributed by atoms with Crippen molar-refractivity contribution in [2.24, 2.45) is 0 Å². The van der Waals surface area contributed by atoms with E-state index >= 15 is 0 Å². The molecule has 48 heavy (non-hydrogen) atoms. The summed E-state index contributed by atoms with van der Waals surface area (Å²) >= 11 is 5.83. The summed E-state index contributed by atoms with van der Waals surface area (Å²) < 4.78 is 81.4. The first-order chi connectivity index (χ1) is 23.0. The number of fused-ring (bicyclic) bond motifs is 1. The average Bonchev–Trinajstić information content (AvgIpc) is 3.65. The second-order valence-corrected chi connectivity index (χ2v) is 12.2. The molecule has 2 saturated heterocycles. The van der Waals surface area contributed by atoms with Crippen LogP contribution in [0.1, 0.15) is 30.6 Å². The molecule has 0 unspecified atom stereocenters. The lowest BCUT2D eigenvalue weighted by Crippen LogP contribution is -2.51. The van der Waals surface area contributed by atoms with E-state index < -0.39 is 23.6 Å². The van der Waals surface area contributed by atoms with Crippen LogP contribution in [0.4, 0.5) is 27.6 Å². The van der Waals surface area contributed by atoms with E-state index in [9.17, 15) is 22.0 Å². The van der Waals surface area contributed by atoms with Crippen LogP contribution in [-0.4, -0.2) is 78.2 Å². The molecule has 252 valence electrons. The molecule has 2 aliphatic heterocycles. The van der Waals surface area contributed by atoms with Gasteiger partial charge in [0.2, 0.25) is 11.6 Å². The summed E-state index contributed by atoms with van der Waals surface area (Å²) in [6.45, 7) is 5.48. The summed E-state index contributed by atoms with van der Waals surface area (Å²) in [6, 6.07) is 10.5. The van der Waals surface area contributed by atoms with Gasteiger partial charge in [0.05, 0.1) is 19.2 Å². The van der Waals surface area contributed by atoms with Crippen molar-refractivity contribution in [1.82, 2.24) is 39.8 Å². The van der Waals surface area contributed by atoms with Crippen LogP contribution in [-0.2, 0) is 30.6 Å². The van der Waals surface area contributed by atoms with Crippen LogP contribution in [0.15, 0.2) is 42.5 Å². The average molecular weight is 690 g/mol. The maximum absolute atomic E-state index is 14.7. The first-order valence-corrected chi connectivity index (χ1v) is 15.6. The third kappa shape index (κ3) is 6.64. The lowest BCUT2D eigenvalue weighted by atomic mass is 10.1. The summed E-state index contributed by atoms with van der Waals surface area (Å²) in [5.41, 5.74) is 2.04. The van der Waals surface area contributed by atoms with Gasteiger partial charge in [-0.15, -0.1) is 10.2 Å². The number of rotatable bonds is 9. The molecule has 17 heteroatoms. The summed E-state index contributed by atoms with van der Waals surface area (Å²) in [4.78, 5) is 12.7. The Labute approximate surface area is 275 Å². The second-order valence-electron chi connectivity index (χ2n) is 11.8. The van der Waals surface area contributed by atoms with Crippen LogP contribution in [0.2, 0.25) is 5.02 Å². The fraction of sp³-hybridized carbons (Fsp3) is 0.387. The van der Waals surface area contributed by atoms with Crippen molar-refractivity contribution in [3.8, 4) is 17.3 Å². The Morgan fingerprint density at radius 1 is 1.04 bits per heavy atom. The van der Waals surface area contributed by atoms with Gasteiger partial charge in [-0.1, -0.05) is 17.7 Å². The van der Waals surface area contributed by atoms with Crippen LogP contribution in [0.5, 0.6) is 5.75 Å². The third-order valence-corrected chi connectivity index (χ3v) is 8.76. The number of aromatic amines is 1. The van der Waals surface area contributed by atoms with Gasteiger partial charge in [-0.2, -0.15) is 18.3 Å². The van der Waals surface area contributed by atoms with Gasteiger partial charge < -0.3 is 18.9 Å². The number of alkyl halides is 3. The lowest BCUT2D eigenvalue weighted by Gasteiger charge is -2.41. The van der Waals surface area contributed by atoms with E-state index in [1.807, 2.05) is 9.67 Å². The molecule has 0 bridgehead atoms. The van der Waals surface area contributed by atoms with Gasteiger partial charge in [-0.25, -0.2) is 18.7 Å². The number of aromatic nitrogens is 7. The van der Waals surface area contributed by atoms with E-state index in [4.69, 9.17) is 26.1 Å². The largest absolute Gasteiger partial charge is 0.486 e. The van der Waals surface area contributed by atoms with Crippen molar-refractivity contribution in [3.05, 3.63) is 76.3 Å². The molecule has 2 aliphatic rings. The molecule has 0 saturated carbocycles. The van der Waals surface area contributed by atoms with E-state index in [2.05, 4.69) is 37.0 Å². The fourth-order valence-corrected chi connectivity index (χ4v) is 5.93. The molecule has 0 amide bonds. The molecule has 7 rings (SSSR count). The van der Waals surface area contributed by atoms with Crippen molar-refractivity contribution in [2.75, 3.05) is 31.1 Å². The number of imidazole rings is 1. The van der Waals surface area contributed by atoms with Gasteiger partial charge >= 0.3 is 6.18 Å². The molecule has 0 aliphatic carbocycles. The summed E-state index contributed by atoms with van der Waals surface area (Å²) in [5.74, 6) is -1.80. The topological polar surface area (TPSA) is 110 Å². The zero-order valence-electron chi connectivity index (χ0n) is 25.5. The Hall–Kier alpha value is -4.41. The highest BCUT2D eigenvalue weighted by Gasteiger charge is 2.36. The molecule has 2 atom stereocenters. The molecule has 5 heterocycles. The number of hydrogen-bond acceptors (Lipinski definition) is 9. The smallest absolute Gasteiger partial charge is 0.451 e. The number of hydrogen-bond donors (Lipinski definition) is 1. The molecule has 0 spiro atoms. The Bertz CT molecular complexity index is 1950. The number of piperazine rings is 1. The minimum Gasteiger partial charge on any atom is -0.486 e. The molecule has 11 nitrogen and oxygen atoms in total. The van der Waals surface area contributed by atoms with E-state index in [-0.39, 0.29) is 46.6 Å². The number of benzene rings is 2. The zero-order chi connectivity index (χ0) is 33.6. The second kappa shape index (κ2) is 12.9. The first-order valence-electron chi connectivity index (χ1n) is 15.2. The Kier molecular flexibility index (Phi) is 8.64. The standard InChI is InChI=1S/C31H29ClF5N9O2/c1-17-13-45(20-4-5-22(33)26(11-20)48-16-18-2-3-19(32)10-23(18)34)8-7-44(17)15-27-38-25-12-24(28-39-30(43-41-28)31(35,36)37)40-42-29(25)46(27)14-21-6-9-47-21/h2-5,10-12,17,21H,6-9,13-16H2,1H3,(H,39,41,43)/t17-,21-/m0/s1. The van der Waals surface area contributed by atoms with E-state index in [0.717, 1.165) is 12.1 Å². The number of H-pyrrole nitrogens is 1. The first kappa shape index (κ1) is 32.2. The van der Waals surface area contributed by atoms with E-state index in [1.165, 1.54) is 24.3 Å². The van der Waals surface area contributed by atoms with Crippen LogP contribution >= 0.6 is 11.6 Å². The van der Waals surface area contributed by atoms with Crippen molar-refractivity contribution in [1.29, 1.82) is 0 Å². The number of anilines is 1. The minimum absolute atomic E-state index is 0.00896. The van der Waals surface area contributed by atoms with Gasteiger partial charge in [0.15, 0.2) is 17.2 Å². The van der Waals surface area contributed by atoms with Crippen molar-refractivity contribution >= 4 is 28.5 Å². The third-order valence-electron chi connectivity index (χ3n) is 8.52. The monoisotopic (exact) mass is 689 g/mol. The number of ether oxygens (including phenoxy) is 2. The Morgan fingerprint density at radius 3 is 2.58 bits per heavy atom. The quantitative estimate of drug-likeness (QED) is 0.197. The number of halogens is 6. The highest BCUT2D eigenvalue weighted by molar-refractivity contribution is 6.30. The molecule has 2 fully saturated rings. The van der Waals surface area contributed by atoms with Crippen LogP contribution in [0.25, 0.3) is 22.7 Å². The maximum Gasteiger partial charge on any atom is 0.451 e. The summed E-state index contributed by atoms with van der Waals surface area (Å²) in [5, 5.41) is 14.2. The van der Waals surface area contributed by atoms with Crippen molar-refractivity contribution in [3.63, 3.8) is 0 Å². The predicted molar refractivity (Wildman–Crippen MR) is 164 cm³/mol. The van der Waals surface area contributed by atoms with Gasteiger partial charge in [-0.05, 0) is 43.7 Å². The number of nitrogens with one attached hydrogen (secondary N) is 1. The molecular weight excluding hydrogens is 661 g/mol. The fourth-order valence-electron chi connectivity index (χ4n) is 5.77. The summed E-state index contributed by atoms with van der Waals surface area (Å²) in [7, 11) is 0. The zero-order valence-corrected chi connectivity index (χ0v) is 26.3. The Morgan fingerprint density at radius 2 is 1.88 bits per heavy atom. The highest BCUT2D eigenvalue weighted by Crippen LogP contribution is 2.30. The number of nitrogens with zero attached hydrogens (tertiary/aromatic N) is 8. The Balaban J connectivity index is 1.07. The van der Waals surface area contributed by atoms with Gasteiger partial charge in [0, 0.05) is 54.6 Å². The normalized spacial score (nSPS) is 18.8. The van der Waals surface area contributed by atoms with Crippen LogP contribution < -0.4 is 9.64 Å². The minimum atomic E-state index is -4.67. The van der Waals surface area contributed by atoms with Crippen LogP contribution in [0.3, 0.4) is 0 Å². The van der Waals surface area contributed by atoms with Crippen LogP contribution in [0, 0.1) is 11.6 Å². The van der Waals surface area contributed by atoms with Crippen molar-refractivity contribution in [2.45, 2.75) is 51.4 Å². The molecule has 0 radical (unpaired) electrons. The molecule has 3 aromatic heterocycles. The van der Waals surface area contributed by atoms with Gasteiger partial charge in [0.25, 0.3) is 0 Å². The summed E-state index contributed by atoms with van der Waals surface area (Å²) in [6.07, 6.45) is -3.80. The lowest BCUT2D eigenvalue weighted by molar-refractivity contribution is -0.144. The SMILES string of the molecule is C[C@H]1CN(c2ccc(F)c(OCc3ccc(Cl)cc3F)c2)CCN1Cc1nc2cc(-c3n[nH]c(C(F)(F)F)n3)nnc2n1C[C@@H]1CCO1. The van der Waals surface area contributed by atoms with Crippen molar-refractivity contribution < 1.29 is 31.4 Å². The van der Waals surface area contributed by atoms with Gasteiger partial charge in [0.1, 0.15) is 29.5 Å².